The summed E-state index contributed by atoms with van der Waals surface area (Å²) in [6.07, 6.45) is 5.45. The Morgan fingerprint density at radius 3 is 2.88 bits per heavy atom. The molecule has 8 nitrogen and oxygen atoms in total. The van der Waals surface area contributed by atoms with Crippen LogP contribution in [0.4, 0.5) is 0 Å². The SMILES string of the molecule is CCc1n[nH]c(=O)c(CNC(=O)c2ccn(C3CCCNC3)n2)c1CC. The number of piperidine rings is 1. The van der Waals surface area contributed by atoms with E-state index in [1.165, 1.54) is 0 Å². The summed E-state index contributed by atoms with van der Waals surface area (Å²) in [5, 5.41) is 17.2. The van der Waals surface area contributed by atoms with Gasteiger partial charge in [0.15, 0.2) is 0 Å². The molecule has 8 heteroatoms. The molecule has 2 aromatic heterocycles. The van der Waals surface area contributed by atoms with E-state index in [4.69, 9.17) is 0 Å². The number of aryl methyl sites for hydroxylation is 1. The number of hydrogen-bond donors (Lipinski definition) is 3. The standard InChI is InChI=1S/C18H26N6O2/c1-3-13-14(17(25)22-21-15(13)4-2)11-20-18(26)16-7-9-24(23-16)12-6-5-8-19-10-12/h7,9,12,19H,3-6,8,10-11H2,1-2H3,(H,20,26)(H,22,25). The number of nitrogens with one attached hydrogen (secondary N) is 3. The third-order valence-corrected chi connectivity index (χ3v) is 4.88. The molecule has 3 rings (SSSR count). The van der Waals surface area contributed by atoms with Gasteiger partial charge in [0, 0.05) is 24.8 Å². The summed E-state index contributed by atoms with van der Waals surface area (Å²) in [5.41, 5.74) is 2.47. The number of rotatable bonds is 6. The van der Waals surface area contributed by atoms with Crippen molar-refractivity contribution in [1.29, 1.82) is 0 Å². The maximum Gasteiger partial charge on any atom is 0.272 e. The van der Waals surface area contributed by atoms with Crippen LogP contribution in [0.25, 0.3) is 0 Å². The van der Waals surface area contributed by atoms with Crippen molar-refractivity contribution in [2.45, 2.75) is 52.1 Å². The van der Waals surface area contributed by atoms with Gasteiger partial charge in [0.2, 0.25) is 0 Å². The van der Waals surface area contributed by atoms with Crippen molar-refractivity contribution >= 4 is 5.91 Å². The summed E-state index contributed by atoms with van der Waals surface area (Å²) in [7, 11) is 0. The van der Waals surface area contributed by atoms with Gasteiger partial charge < -0.3 is 10.6 Å². The zero-order chi connectivity index (χ0) is 18.5. The van der Waals surface area contributed by atoms with Crippen molar-refractivity contribution in [1.82, 2.24) is 30.6 Å². The predicted octanol–water partition coefficient (Wildman–Crippen LogP) is 0.946. The lowest BCUT2D eigenvalue weighted by atomic mass is 10.0. The Labute approximate surface area is 152 Å². The van der Waals surface area contributed by atoms with E-state index in [9.17, 15) is 9.59 Å². The monoisotopic (exact) mass is 358 g/mol. The highest BCUT2D eigenvalue weighted by Gasteiger charge is 2.18. The number of H-pyrrole nitrogens is 1. The van der Waals surface area contributed by atoms with E-state index in [0.29, 0.717) is 17.7 Å². The topological polar surface area (TPSA) is 105 Å². The highest BCUT2D eigenvalue weighted by molar-refractivity contribution is 5.92. The molecule has 0 bridgehead atoms. The Balaban J connectivity index is 1.70. The van der Waals surface area contributed by atoms with Crippen molar-refractivity contribution in [3.63, 3.8) is 0 Å². The molecule has 1 aliphatic rings. The fraction of sp³-hybridized carbons (Fsp3) is 0.556. The molecule has 0 saturated carbocycles. The molecule has 2 aromatic rings. The van der Waals surface area contributed by atoms with Crippen LogP contribution in [0, 0.1) is 0 Å². The largest absolute Gasteiger partial charge is 0.346 e. The quantitative estimate of drug-likeness (QED) is 0.713. The highest BCUT2D eigenvalue weighted by atomic mass is 16.2. The first-order valence-corrected chi connectivity index (χ1v) is 9.27. The van der Waals surface area contributed by atoms with E-state index >= 15 is 0 Å². The minimum absolute atomic E-state index is 0.171. The van der Waals surface area contributed by atoms with Crippen LogP contribution < -0.4 is 16.2 Å². The molecule has 1 unspecified atom stereocenters. The molecule has 1 aliphatic heterocycles. The summed E-state index contributed by atoms with van der Waals surface area (Å²) in [5.74, 6) is -0.274. The number of aromatic amines is 1. The second-order valence-electron chi connectivity index (χ2n) is 6.53. The molecular weight excluding hydrogens is 332 g/mol. The molecule has 0 aromatic carbocycles. The van der Waals surface area contributed by atoms with E-state index in [0.717, 1.165) is 43.6 Å². The van der Waals surface area contributed by atoms with Crippen molar-refractivity contribution in [3.8, 4) is 0 Å². The lowest BCUT2D eigenvalue weighted by molar-refractivity contribution is 0.0944. The van der Waals surface area contributed by atoms with Crippen molar-refractivity contribution < 1.29 is 4.79 Å². The van der Waals surface area contributed by atoms with Crippen LogP contribution in [0.5, 0.6) is 0 Å². The summed E-state index contributed by atoms with van der Waals surface area (Å²) in [6.45, 7) is 6.06. The van der Waals surface area contributed by atoms with Gasteiger partial charge in [-0.2, -0.15) is 10.2 Å². The minimum Gasteiger partial charge on any atom is -0.346 e. The minimum atomic E-state index is -0.274. The zero-order valence-electron chi connectivity index (χ0n) is 15.3. The number of hydrogen-bond acceptors (Lipinski definition) is 5. The maximum absolute atomic E-state index is 12.4. The van der Waals surface area contributed by atoms with Crippen LogP contribution in [-0.2, 0) is 19.4 Å². The third kappa shape index (κ3) is 3.85. The highest BCUT2D eigenvalue weighted by Crippen LogP contribution is 2.16. The average molecular weight is 358 g/mol. The summed E-state index contributed by atoms with van der Waals surface area (Å²) >= 11 is 0. The fourth-order valence-electron chi connectivity index (χ4n) is 3.44. The number of amides is 1. The summed E-state index contributed by atoms with van der Waals surface area (Å²) < 4.78 is 1.85. The van der Waals surface area contributed by atoms with Crippen LogP contribution in [0.15, 0.2) is 17.1 Å². The number of aromatic nitrogens is 4. The lowest BCUT2D eigenvalue weighted by Gasteiger charge is -2.22. The van der Waals surface area contributed by atoms with E-state index in [2.05, 4.69) is 25.9 Å². The molecular formula is C18H26N6O2. The maximum atomic E-state index is 12.4. The molecule has 26 heavy (non-hydrogen) atoms. The van der Waals surface area contributed by atoms with Gasteiger partial charge in [-0.1, -0.05) is 13.8 Å². The van der Waals surface area contributed by atoms with Crippen LogP contribution in [0.2, 0.25) is 0 Å². The molecule has 0 spiro atoms. The Kier molecular flexibility index (Phi) is 5.82. The van der Waals surface area contributed by atoms with Crippen LogP contribution >= 0.6 is 0 Å². The van der Waals surface area contributed by atoms with Crippen molar-refractivity contribution in [2.24, 2.45) is 0 Å². The smallest absolute Gasteiger partial charge is 0.272 e. The number of carbonyl (C=O) groups is 1. The summed E-state index contributed by atoms with van der Waals surface area (Å²) in [4.78, 5) is 24.6. The van der Waals surface area contributed by atoms with Crippen LogP contribution in [0.3, 0.4) is 0 Å². The Morgan fingerprint density at radius 2 is 2.19 bits per heavy atom. The van der Waals surface area contributed by atoms with Gasteiger partial charge in [-0.15, -0.1) is 0 Å². The first-order valence-electron chi connectivity index (χ1n) is 9.27. The van der Waals surface area contributed by atoms with E-state index < -0.39 is 0 Å². The van der Waals surface area contributed by atoms with E-state index in [-0.39, 0.29) is 24.1 Å². The molecule has 140 valence electrons. The zero-order valence-corrected chi connectivity index (χ0v) is 15.3. The van der Waals surface area contributed by atoms with Gasteiger partial charge in [0.25, 0.3) is 11.5 Å². The third-order valence-electron chi connectivity index (χ3n) is 4.88. The number of carbonyl (C=O) groups excluding carboxylic acids is 1. The van der Waals surface area contributed by atoms with Gasteiger partial charge >= 0.3 is 0 Å². The van der Waals surface area contributed by atoms with Crippen LogP contribution in [-0.4, -0.2) is 39.0 Å². The van der Waals surface area contributed by atoms with E-state index in [1.54, 1.807) is 6.07 Å². The van der Waals surface area contributed by atoms with Crippen molar-refractivity contribution in [2.75, 3.05) is 13.1 Å². The van der Waals surface area contributed by atoms with Gasteiger partial charge in [0.05, 0.1) is 11.7 Å². The normalized spacial score (nSPS) is 17.2. The average Bonchev–Trinajstić information content (AvgIpc) is 3.17. The van der Waals surface area contributed by atoms with Crippen molar-refractivity contribution in [3.05, 3.63) is 45.1 Å². The molecule has 3 N–H and O–H groups in total. The lowest BCUT2D eigenvalue weighted by Crippen LogP contribution is -2.32. The Bertz CT molecular complexity index is 819. The van der Waals surface area contributed by atoms with Gasteiger partial charge in [-0.25, -0.2) is 5.10 Å². The molecule has 1 fully saturated rings. The van der Waals surface area contributed by atoms with Gasteiger partial charge in [0.1, 0.15) is 5.69 Å². The molecule has 1 atom stereocenters. The Morgan fingerprint density at radius 1 is 1.35 bits per heavy atom. The van der Waals surface area contributed by atoms with E-state index in [1.807, 2.05) is 24.7 Å². The second-order valence-corrected chi connectivity index (χ2v) is 6.53. The molecule has 3 heterocycles. The van der Waals surface area contributed by atoms with Gasteiger partial charge in [-0.3, -0.25) is 14.3 Å². The first kappa shape index (κ1) is 18.3. The summed E-state index contributed by atoms with van der Waals surface area (Å²) in [6, 6.07) is 2.01. The fourth-order valence-corrected chi connectivity index (χ4v) is 3.44. The predicted molar refractivity (Wildman–Crippen MR) is 98.2 cm³/mol. The van der Waals surface area contributed by atoms with Crippen LogP contribution in [0.1, 0.15) is 60.0 Å². The Hall–Kier alpha value is -2.48. The second kappa shape index (κ2) is 8.27. The first-order chi connectivity index (χ1) is 12.6. The molecule has 0 radical (unpaired) electrons. The van der Waals surface area contributed by atoms with Gasteiger partial charge in [-0.05, 0) is 43.9 Å². The molecule has 0 aliphatic carbocycles. The number of nitrogens with zero attached hydrogens (tertiary/aromatic N) is 3. The molecule has 1 saturated heterocycles. The molecule has 1 amide bonds.